The zero-order valence-corrected chi connectivity index (χ0v) is 87.1. The van der Waals surface area contributed by atoms with Crippen molar-refractivity contribution in [1.29, 1.82) is 0 Å². The molecular weight excluding hydrogens is 1620 g/mol. The van der Waals surface area contributed by atoms with Gasteiger partial charge in [0.25, 0.3) is 0 Å². The Morgan fingerprint density at radius 2 is 0.720 bits per heavy atom. The van der Waals surface area contributed by atoms with Gasteiger partial charge in [-0.2, -0.15) is 0 Å². The van der Waals surface area contributed by atoms with Crippen molar-refractivity contribution < 1.29 is 19.8 Å². The molecule has 4 aliphatic heterocycles. The largest absolute Gasteiger partial charge is 0.508 e. The highest BCUT2D eigenvalue weighted by Gasteiger charge is 2.34. The maximum absolute atomic E-state index is 12.8. The standard InChI is InChI=1S/2C60H86N4O2/c2*1-14-46-40(10)57-50(29-21-28-44-33-45(65)30-31-56(44)66)58-41(11)47(15-2)53(62-58)35-55-49(17-4)43(13)60(64-55)51(59-42(12)48(16-3)54(63-59)34-52(46)61-57)32-39(9)27-20-26-38(8)25-19-24-37(7)23-18-22-36(5)6/h30-31,33-39,61-62,65-66H,14-29,32H2,1-13H3;30-31,33-40,46,63-64H,14-29,32H2,1-13H3. The lowest BCUT2D eigenvalue weighted by Crippen LogP contribution is -2.09. The fourth-order valence-electron chi connectivity index (χ4n) is 23.2. The predicted octanol–water partition coefficient (Wildman–Crippen LogP) is 33.2. The molecule has 6 N–H and O–H groups in total. The molecule has 0 amide bonds. The van der Waals surface area contributed by atoms with Crippen LogP contribution in [0, 0.1) is 75.0 Å². The second kappa shape index (κ2) is 48.0. The van der Waals surface area contributed by atoms with Crippen LogP contribution in [-0.2, 0) is 67.4 Å². The molecule has 12 heteroatoms. The summed E-state index contributed by atoms with van der Waals surface area (Å²) in [5.41, 5.74) is 42.9. The molecule has 0 saturated carbocycles. The third kappa shape index (κ3) is 24.9. The summed E-state index contributed by atoms with van der Waals surface area (Å²) in [7, 11) is 0. The number of carbonyl (C=O) groups is 2. The molecule has 5 aliphatic rings. The van der Waals surface area contributed by atoms with E-state index in [-0.39, 0.29) is 34.9 Å². The van der Waals surface area contributed by atoms with Gasteiger partial charge in [-0.3, -0.25) is 14.6 Å². The highest BCUT2D eigenvalue weighted by atomic mass is 16.3. The van der Waals surface area contributed by atoms with Crippen LogP contribution in [0.5, 0.6) is 11.5 Å². The number of phenols is 2. The smallest absolute Gasteiger partial charge is 0.182 e. The van der Waals surface area contributed by atoms with Gasteiger partial charge in [0.2, 0.25) is 0 Å². The first-order valence-electron chi connectivity index (χ1n) is 52.8. The van der Waals surface area contributed by atoms with E-state index in [1.807, 2.05) is 0 Å². The van der Waals surface area contributed by atoms with E-state index in [0.29, 0.717) is 30.3 Å². The van der Waals surface area contributed by atoms with Crippen LogP contribution in [0.1, 0.15) is 443 Å². The van der Waals surface area contributed by atoms with E-state index in [4.69, 9.17) is 19.9 Å². The first-order chi connectivity index (χ1) is 63.2. The number of nitrogens with one attached hydrogen (secondary N) is 4. The summed E-state index contributed by atoms with van der Waals surface area (Å²) in [6.07, 6.45) is 41.9. The minimum atomic E-state index is -0.112. The number of fused-ring (bicyclic) bond motifs is 16. The Kier molecular flexibility index (Phi) is 37.7. The number of allylic oxidation sites excluding steroid dienone is 10. The van der Waals surface area contributed by atoms with E-state index < -0.39 is 0 Å². The second-order valence-corrected chi connectivity index (χ2v) is 42.3. The molecule has 0 spiro atoms. The molecule has 1 aromatic carbocycles. The third-order valence-corrected chi connectivity index (χ3v) is 31.3. The Morgan fingerprint density at radius 3 is 1.11 bits per heavy atom. The van der Waals surface area contributed by atoms with Gasteiger partial charge in [-0.05, 0) is 359 Å². The van der Waals surface area contributed by atoms with Crippen molar-refractivity contribution >= 4 is 89.1 Å². The van der Waals surface area contributed by atoms with Crippen molar-refractivity contribution in [3.05, 3.63) is 184 Å². The van der Waals surface area contributed by atoms with E-state index in [2.05, 4.69) is 224 Å². The fraction of sp³-hybridized carbons (Fsp3) is 0.583. The molecule has 0 fully saturated rings. The minimum Gasteiger partial charge on any atom is -0.508 e. The molecule has 16 bridgehead atoms. The van der Waals surface area contributed by atoms with Crippen molar-refractivity contribution in [1.82, 2.24) is 39.9 Å². The average molecular weight is 1790 g/mol. The van der Waals surface area contributed by atoms with Gasteiger partial charge in [0.1, 0.15) is 11.5 Å². The number of aromatic hydroxyl groups is 2. The van der Waals surface area contributed by atoms with Crippen LogP contribution in [0.25, 0.3) is 77.6 Å². The summed E-state index contributed by atoms with van der Waals surface area (Å²) in [4.78, 5) is 63.7. The first-order valence-corrected chi connectivity index (χ1v) is 52.8. The molecule has 716 valence electrons. The van der Waals surface area contributed by atoms with Crippen LogP contribution >= 0.6 is 0 Å². The summed E-state index contributed by atoms with van der Waals surface area (Å²) in [6, 6.07) is 14.2. The Morgan fingerprint density at radius 1 is 0.364 bits per heavy atom. The van der Waals surface area contributed by atoms with E-state index in [9.17, 15) is 19.8 Å². The maximum Gasteiger partial charge on any atom is 0.182 e. The number of carbonyl (C=O) groups excluding carboxylic acids is 2. The number of ketones is 2. The van der Waals surface area contributed by atoms with Gasteiger partial charge in [0.15, 0.2) is 11.6 Å². The highest BCUT2D eigenvalue weighted by Crippen LogP contribution is 2.47. The molecule has 10 heterocycles. The predicted molar refractivity (Wildman–Crippen MR) is 565 cm³/mol. The van der Waals surface area contributed by atoms with Crippen molar-refractivity contribution in [3.8, 4) is 11.5 Å². The van der Waals surface area contributed by atoms with Crippen molar-refractivity contribution in [2.75, 3.05) is 0 Å². The van der Waals surface area contributed by atoms with Crippen LogP contribution in [0.2, 0.25) is 0 Å². The number of aromatic nitrogens is 8. The van der Waals surface area contributed by atoms with E-state index >= 15 is 0 Å². The number of phenolic OH excluding ortho intramolecular Hbond substituents is 2. The van der Waals surface area contributed by atoms with E-state index in [0.717, 1.165) is 204 Å². The quantitative estimate of drug-likeness (QED) is 0.0161. The fourth-order valence-corrected chi connectivity index (χ4v) is 23.2. The normalized spacial score (nSPS) is 16.2. The number of H-pyrrole nitrogens is 4. The van der Waals surface area contributed by atoms with Gasteiger partial charge in [-0.15, -0.1) is 0 Å². The lowest BCUT2D eigenvalue weighted by atomic mass is 9.85. The highest BCUT2D eigenvalue weighted by molar-refractivity contribution is 6.17. The SMILES string of the molecule is CCC1=C(C)c2nc1cc1[nH]c(c(C)c1CC)c(CC(C)CCCC(C)CCCC(C)CCCC(C)C)c1[nH]c(cc3nc(c2CCCC2=CC(=O)C=CC2=O)C(C)C3CC)c(CC)c1C.CCC1=C(C)c2nc1cc1[nH]c(c(C)c1CC)c(CCCc1cc(O)ccc1O)c1[nH]c(cc3nc(c2CC(C)CCCC(C)CCCC(C)CCCC(C)C)C(C)=C3CC)c(CC)c1C. The second-order valence-electron chi connectivity index (χ2n) is 42.3. The van der Waals surface area contributed by atoms with Gasteiger partial charge in [-0.1, -0.05) is 247 Å². The van der Waals surface area contributed by atoms with Crippen LogP contribution in [0.15, 0.2) is 66.3 Å². The Hall–Kier alpha value is -8.90. The van der Waals surface area contributed by atoms with Gasteiger partial charge < -0.3 is 30.1 Å². The minimum absolute atomic E-state index is 0.0636. The topological polar surface area (TPSA) is 189 Å². The van der Waals surface area contributed by atoms with E-state index in [1.54, 1.807) is 18.2 Å². The Balaban J connectivity index is 0.000000255. The number of nitrogens with zero attached hydrogens (tertiary/aromatic N) is 4. The van der Waals surface area contributed by atoms with Crippen molar-refractivity contribution in [3.63, 3.8) is 0 Å². The number of aromatic amines is 4. The molecular formula is C120H172N8O4. The van der Waals surface area contributed by atoms with Crippen LogP contribution < -0.4 is 0 Å². The van der Waals surface area contributed by atoms with E-state index in [1.165, 1.54) is 251 Å². The maximum atomic E-state index is 12.8. The van der Waals surface area contributed by atoms with Gasteiger partial charge >= 0.3 is 0 Å². The zero-order chi connectivity index (χ0) is 95.6. The lowest BCUT2D eigenvalue weighted by Gasteiger charge is -2.17. The zero-order valence-electron chi connectivity index (χ0n) is 87.1. The van der Waals surface area contributed by atoms with Crippen LogP contribution in [0.4, 0.5) is 0 Å². The first kappa shape index (κ1) is 104. The average Bonchev–Trinajstić information content (AvgIpc) is 1.60. The number of hydrogen-bond donors (Lipinski definition) is 6. The molecule has 12 nitrogen and oxygen atoms in total. The molecule has 132 heavy (non-hydrogen) atoms. The summed E-state index contributed by atoms with van der Waals surface area (Å²) in [5, 5.41) is 20.9. The number of hydrogen-bond acceptors (Lipinski definition) is 8. The van der Waals surface area contributed by atoms with Gasteiger partial charge in [-0.25, -0.2) is 15.0 Å². The molecule has 0 saturated heterocycles. The molecule has 7 aromatic rings. The third-order valence-electron chi connectivity index (χ3n) is 31.3. The van der Waals surface area contributed by atoms with Gasteiger partial charge in [0, 0.05) is 78.5 Å². The molecule has 8 unspecified atom stereocenters. The number of aryl methyl sites for hydroxylation is 10. The molecule has 8 atom stereocenters. The number of benzene rings is 1. The molecule has 12 rings (SSSR count). The summed E-state index contributed by atoms with van der Waals surface area (Å²) >= 11 is 0. The van der Waals surface area contributed by atoms with Crippen LogP contribution in [0.3, 0.4) is 0 Å². The van der Waals surface area contributed by atoms with Crippen molar-refractivity contribution in [2.45, 2.75) is 410 Å². The van der Waals surface area contributed by atoms with Crippen LogP contribution in [-0.4, -0.2) is 61.7 Å². The Bertz CT molecular complexity index is 5620. The van der Waals surface area contributed by atoms with Crippen molar-refractivity contribution in [2.24, 2.45) is 47.3 Å². The summed E-state index contributed by atoms with van der Waals surface area (Å²) in [6.45, 7) is 60.8. The molecule has 0 radical (unpaired) electrons. The number of rotatable bonds is 44. The molecule has 6 aromatic heterocycles. The lowest BCUT2D eigenvalue weighted by molar-refractivity contribution is -0.114. The Labute approximate surface area is 797 Å². The monoisotopic (exact) mass is 1790 g/mol. The van der Waals surface area contributed by atoms with Gasteiger partial charge in [0.05, 0.1) is 34.2 Å². The summed E-state index contributed by atoms with van der Waals surface area (Å²) in [5.74, 6) is 6.62. The summed E-state index contributed by atoms with van der Waals surface area (Å²) < 4.78 is 0. The molecule has 1 aliphatic carbocycles.